The fraction of sp³-hybridized carbons (Fsp3) is 0.259. The minimum atomic E-state index is -0.416. The van der Waals surface area contributed by atoms with Gasteiger partial charge in [0.25, 0.3) is 5.91 Å². The normalized spacial score (nSPS) is 10.8. The van der Waals surface area contributed by atoms with Crippen LogP contribution >= 0.6 is 23.2 Å². The topological polar surface area (TPSA) is 55.8 Å². The van der Waals surface area contributed by atoms with Gasteiger partial charge in [0.1, 0.15) is 5.75 Å². The Balaban J connectivity index is 1.81. The van der Waals surface area contributed by atoms with Crippen molar-refractivity contribution < 1.29 is 19.1 Å². The first-order valence-corrected chi connectivity index (χ1v) is 11.8. The highest BCUT2D eigenvalue weighted by Gasteiger charge is 2.19. The largest absolute Gasteiger partial charge is 0.484 e. The number of carbonyl (C=O) groups is 2. The van der Waals surface area contributed by atoms with Crippen molar-refractivity contribution in [2.45, 2.75) is 33.2 Å². The van der Waals surface area contributed by atoms with Gasteiger partial charge in [-0.2, -0.15) is 0 Å². The molecule has 0 saturated heterocycles. The first kappa shape index (κ1) is 25.6. The molecule has 0 fully saturated rings. The van der Waals surface area contributed by atoms with E-state index < -0.39 is 5.97 Å². The van der Waals surface area contributed by atoms with E-state index in [1.54, 1.807) is 54.3 Å². The van der Waals surface area contributed by atoms with Crippen LogP contribution in [0.15, 0.2) is 66.7 Å². The van der Waals surface area contributed by atoms with Crippen molar-refractivity contribution in [3.8, 4) is 5.75 Å². The van der Waals surface area contributed by atoms with Gasteiger partial charge in [-0.3, -0.25) is 4.79 Å². The Bertz CT molecular complexity index is 1130. The molecule has 0 aliphatic rings. The number of amides is 1. The summed E-state index contributed by atoms with van der Waals surface area (Å²) in [5, 5.41) is 0.970. The highest BCUT2D eigenvalue weighted by atomic mass is 35.5. The predicted octanol–water partition coefficient (Wildman–Crippen LogP) is 6.91. The summed E-state index contributed by atoms with van der Waals surface area (Å²) in [5.74, 6) is 0.344. The lowest BCUT2D eigenvalue weighted by Crippen LogP contribution is -2.34. The monoisotopic (exact) mass is 499 g/mol. The molecule has 3 rings (SSSR count). The van der Waals surface area contributed by atoms with Crippen LogP contribution in [0.4, 0.5) is 5.69 Å². The van der Waals surface area contributed by atoms with E-state index >= 15 is 0 Å². The molecule has 3 aromatic carbocycles. The molecule has 7 heteroatoms. The summed E-state index contributed by atoms with van der Waals surface area (Å²) in [5.41, 5.74) is 2.93. The van der Waals surface area contributed by atoms with Crippen LogP contribution in [-0.2, 0) is 16.1 Å². The summed E-state index contributed by atoms with van der Waals surface area (Å²) in [7, 11) is 0. The van der Waals surface area contributed by atoms with Crippen LogP contribution in [0.2, 0.25) is 10.0 Å². The van der Waals surface area contributed by atoms with Gasteiger partial charge in [0, 0.05) is 15.7 Å². The molecule has 178 valence electrons. The van der Waals surface area contributed by atoms with E-state index in [1.807, 2.05) is 24.3 Å². The number of benzene rings is 3. The summed E-state index contributed by atoms with van der Waals surface area (Å²) < 4.78 is 10.8. The van der Waals surface area contributed by atoms with Crippen LogP contribution in [0.25, 0.3) is 0 Å². The number of halogens is 2. The van der Waals surface area contributed by atoms with Crippen LogP contribution in [-0.4, -0.2) is 25.1 Å². The average Bonchev–Trinajstić information content (AvgIpc) is 2.82. The number of rotatable bonds is 9. The summed E-state index contributed by atoms with van der Waals surface area (Å²) in [6.45, 7) is 6.32. The number of esters is 1. The average molecular weight is 500 g/mol. The van der Waals surface area contributed by atoms with Gasteiger partial charge in [0.05, 0.1) is 18.7 Å². The second kappa shape index (κ2) is 11.9. The zero-order valence-corrected chi connectivity index (χ0v) is 20.9. The molecule has 0 saturated carbocycles. The van der Waals surface area contributed by atoms with Crippen molar-refractivity contribution in [3.63, 3.8) is 0 Å². The quantitative estimate of drug-likeness (QED) is 0.300. The van der Waals surface area contributed by atoms with Gasteiger partial charge in [-0.05, 0) is 72.5 Å². The van der Waals surface area contributed by atoms with Crippen molar-refractivity contribution in [1.82, 2.24) is 0 Å². The Hall–Kier alpha value is -3.02. The first-order valence-electron chi connectivity index (χ1n) is 11.0. The number of ether oxygens (including phenoxy) is 2. The molecule has 1 amide bonds. The third-order valence-corrected chi connectivity index (χ3v) is 5.83. The highest BCUT2D eigenvalue weighted by molar-refractivity contribution is 6.35. The van der Waals surface area contributed by atoms with Crippen molar-refractivity contribution in [2.24, 2.45) is 0 Å². The summed E-state index contributed by atoms with van der Waals surface area (Å²) in [6.07, 6.45) is 0. The number of hydrogen-bond donors (Lipinski definition) is 0. The highest BCUT2D eigenvalue weighted by Crippen LogP contribution is 2.26. The van der Waals surface area contributed by atoms with Crippen LogP contribution in [0.1, 0.15) is 48.2 Å². The van der Waals surface area contributed by atoms with Crippen LogP contribution < -0.4 is 9.64 Å². The molecule has 0 bridgehead atoms. The molecule has 0 aromatic heterocycles. The lowest BCUT2D eigenvalue weighted by Gasteiger charge is -2.24. The van der Waals surface area contributed by atoms with E-state index in [1.165, 1.54) is 5.56 Å². The van der Waals surface area contributed by atoms with Gasteiger partial charge < -0.3 is 14.4 Å². The smallest absolute Gasteiger partial charge is 0.338 e. The minimum absolute atomic E-state index is 0.161. The van der Waals surface area contributed by atoms with Gasteiger partial charge in [-0.15, -0.1) is 0 Å². The number of nitrogens with zero attached hydrogens (tertiary/aromatic N) is 1. The molecular weight excluding hydrogens is 473 g/mol. The fourth-order valence-corrected chi connectivity index (χ4v) is 3.78. The third-order valence-electron chi connectivity index (χ3n) is 5.24. The Morgan fingerprint density at radius 3 is 2.21 bits per heavy atom. The summed E-state index contributed by atoms with van der Waals surface area (Å²) in [4.78, 5) is 26.8. The van der Waals surface area contributed by atoms with E-state index in [-0.39, 0.29) is 25.7 Å². The molecule has 0 radical (unpaired) electrons. The maximum atomic E-state index is 13.2. The molecular formula is C27H27Cl2NO4. The van der Waals surface area contributed by atoms with E-state index in [0.29, 0.717) is 33.0 Å². The molecule has 0 heterocycles. The second-order valence-corrected chi connectivity index (χ2v) is 8.84. The predicted molar refractivity (Wildman–Crippen MR) is 136 cm³/mol. The van der Waals surface area contributed by atoms with Crippen LogP contribution in [0, 0.1) is 0 Å². The molecule has 0 aliphatic carbocycles. The lowest BCUT2D eigenvalue weighted by atomic mass is 10.0. The SMILES string of the molecule is CCOC(=O)c1ccc(N(Cc2ccc(Cl)cc2Cl)C(=O)COc2ccc(C(C)C)cc2)cc1. The van der Waals surface area contributed by atoms with Crippen LogP contribution in [0.5, 0.6) is 5.75 Å². The standard InChI is InChI=1S/C27H27Cl2NO4/c1-4-33-27(32)20-6-11-23(12-7-20)30(16-21-5-10-22(28)15-25(21)29)26(31)17-34-24-13-8-19(9-14-24)18(2)3/h5-15,18H,4,16-17H2,1-3H3. The number of carbonyl (C=O) groups excluding carboxylic acids is 2. The third kappa shape index (κ3) is 6.75. The van der Waals surface area contributed by atoms with Gasteiger partial charge in [0.2, 0.25) is 0 Å². The molecule has 5 nitrogen and oxygen atoms in total. The Morgan fingerprint density at radius 2 is 1.62 bits per heavy atom. The second-order valence-electron chi connectivity index (χ2n) is 8.00. The zero-order chi connectivity index (χ0) is 24.7. The number of hydrogen-bond acceptors (Lipinski definition) is 4. The van der Waals surface area contributed by atoms with Crippen molar-refractivity contribution in [1.29, 1.82) is 0 Å². The molecule has 0 N–H and O–H groups in total. The van der Waals surface area contributed by atoms with Crippen molar-refractivity contribution >= 4 is 40.8 Å². The molecule has 0 unspecified atom stereocenters. The lowest BCUT2D eigenvalue weighted by molar-refractivity contribution is -0.120. The maximum absolute atomic E-state index is 13.2. The van der Waals surface area contributed by atoms with Crippen molar-refractivity contribution in [2.75, 3.05) is 18.1 Å². The molecule has 0 atom stereocenters. The molecule has 34 heavy (non-hydrogen) atoms. The minimum Gasteiger partial charge on any atom is -0.484 e. The van der Waals surface area contributed by atoms with E-state index in [0.717, 1.165) is 5.56 Å². The Morgan fingerprint density at radius 1 is 0.941 bits per heavy atom. The van der Waals surface area contributed by atoms with Gasteiger partial charge in [-0.1, -0.05) is 55.2 Å². The van der Waals surface area contributed by atoms with Gasteiger partial charge in [-0.25, -0.2) is 4.79 Å². The molecule has 0 aliphatic heterocycles. The molecule has 0 spiro atoms. The summed E-state index contributed by atoms with van der Waals surface area (Å²) in [6, 6.07) is 19.5. The fourth-order valence-electron chi connectivity index (χ4n) is 3.31. The van der Waals surface area contributed by atoms with E-state index in [2.05, 4.69) is 13.8 Å². The van der Waals surface area contributed by atoms with Gasteiger partial charge >= 0.3 is 5.97 Å². The first-order chi connectivity index (χ1) is 16.3. The van der Waals surface area contributed by atoms with E-state index in [4.69, 9.17) is 32.7 Å². The summed E-state index contributed by atoms with van der Waals surface area (Å²) >= 11 is 12.4. The molecule has 3 aromatic rings. The number of anilines is 1. The maximum Gasteiger partial charge on any atom is 0.338 e. The van der Waals surface area contributed by atoms with Crippen molar-refractivity contribution in [3.05, 3.63) is 93.5 Å². The Kier molecular flexibility index (Phi) is 8.97. The Labute approximate surface area is 210 Å². The van der Waals surface area contributed by atoms with Gasteiger partial charge in [0.15, 0.2) is 6.61 Å². The zero-order valence-electron chi connectivity index (χ0n) is 19.4. The van der Waals surface area contributed by atoms with E-state index in [9.17, 15) is 9.59 Å². The van der Waals surface area contributed by atoms with Crippen LogP contribution in [0.3, 0.4) is 0 Å².